The first-order valence-corrected chi connectivity index (χ1v) is 10.3. The Morgan fingerprint density at radius 3 is 2.46 bits per heavy atom. The number of carbonyl (C=O) groups excluding carboxylic acids is 1. The topological polar surface area (TPSA) is 25.2 Å². The van der Waals surface area contributed by atoms with Crippen LogP contribution in [0.25, 0.3) is 0 Å². The number of benzene rings is 2. The summed E-state index contributed by atoms with van der Waals surface area (Å²) in [7, 11) is 0. The predicted molar refractivity (Wildman–Crippen MR) is 116 cm³/mol. The smallest absolute Gasteiger partial charge is 0.254 e. The second-order valence-corrected chi connectivity index (χ2v) is 7.65. The van der Waals surface area contributed by atoms with Gasteiger partial charge in [0.25, 0.3) is 5.91 Å². The zero-order valence-corrected chi connectivity index (χ0v) is 17.5. The molecule has 0 aliphatic carbocycles. The van der Waals surface area contributed by atoms with Gasteiger partial charge in [-0.2, -0.15) is 0 Å². The number of halogens is 2. The van der Waals surface area contributed by atoms with E-state index < -0.39 is 0 Å². The molecule has 0 radical (unpaired) electrons. The second kappa shape index (κ2) is 9.81. The van der Waals surface area contributed by atoms with E-state index in [0.29, 0.717) is 23.7 Å². The van der Waals surface area contributed by atoms with Crippen LogP contribution in [-0.4, -0.2) is 21.9 Å². The molecule has 1 heterocycles. The van der Waals surface area contributed by atoms with Gasteiger partial charge < -0.3 is 9.47 Å². The molecule has 0 unspecified atom stereocenters. The first-order chi connectivity index (χ1) is 13.6. The molecule has 0 bridgehead atoms. The zero-order chi connectivity index (χ0) is 19.9. The Bertz CT molecular complexity index is 918. The van der Waals surface area contributed by atoms with Gasteiger partial charge in [0.15, 0.2) is 0 Å². The maximum Gasteiger partial charge on any atom is 0.254 e. The van der Waals surface area contributed by atoms with Crippen molar-refractivity contribution in [2.24, 2.45) is 0 Å². The van der Waals surface area contributed by atoms with E-state index in [1.165, 1.54) is 0 Å². The third-order valence-electron chi connectivity index (χ3n) is 4.73. The molecule has 5 heteroatoms. The molecule has 0 atom stereocenters. The van der Waals surface area contributed by atoms with Gasteiger partial charge in [0.2, 0.25) is 0 Å². The van der Waals surface area contributed by atoms with E-state index in [1.54, 1.807) is 24.3 Å². The van der Waals surface area contributed by atoms with Crippen LogP contribution in [0.15, 0.2) is 66.9 Å². The van der Waals surface area contributed by atoms with Gasteiger partial charge in [-0.3, -0.25) is 4.79 Å². The summed E-state index contributed by atoms with van der Waals surface area (Å²) in [6, 6.07) is 19.0. The Hall–Kier alpha value is -2.23. The monoisotopic (exact) mass is 414 g/mol. The molecule has 0 aliphatic heterocycles. The largest absolute Gasteiger partial charge is 0.345 e. The lowest BCUT2D eigenvalue weighted by Crippen LogP contribution is -2.32. The van der Waals surface area contributed by atoms with Gasteiger partial charge in [0.05, 0.1) is 6.54 Å². The normalized spacial score (nSPS) is 10.8. The Kier molecular flexibility index (Phi) is 7.18. The summed E-state index contributed by atoms with van der Waals surface area (Å²) in [4.78, 5) is 15.0. The van der Waals surface area contributed by atoms with Gasteiger partial charge in [0, 0.05) is 40.6 Å². The van der Waals surface area contributed by atoms with Crippen LogP contribution < -0.4 is 0 Å². The number of nitrogens with zero attached hydrogens (tertiary/aromatic N) is 2. The molecule has 0 saturated carbocycles. The average molecular weight is 415 g/mol. The lowest BCUT2D eigenvalue weighted by Gasteiger charge is -2.24. The van der Waals surface area contributed by atoms with E-state index in [4.69, 9.17) is 23.2 Å². The van der Waals surface area contributed by atoms with Crippen LogP contribution >= 0.6 is 23.2 Å². The molecule has 0 spiro atoms. The Morgan fingerprint density at radius 1 is 1.00 bits per heavy atom. The zero-order valence-electron chi connectivity index (χ0n) is 15.9. The maximum absolute atomic E-state index is 13.1. The standard InChI is InChI=1S/C23H24Cl2N2O/c1-2-3-14-27(23(28)18-10-12-20(24)13-11-18)17-21-8-6-15-26(21)16-19-7-4-5-9-22(19)25/h4-13,15H,2-3,14,16-17H2,1H3. The highest BCUT2D eigenvalue weighted by atomic mass is 35.5. The molecule has 0 aliphatic rings. The molecule has 0 fully saturated rings. The van der Waals surface area contributed by atoms with E-state index in [0.717, 1.165) is 35.7 Å². The summed E-state index contributed by atoms with van der Waals surface area (Å²) in [5.41, 5.74) is 2.80. The van der Waals surface area contributed by atoms with Crippen LogP contribution in [-0.2, 0) is 13.1 Å². The number of hydrogen-bond donors (Lipinski definition) is 0. The lowest BCUT2D eigenvalue weighted by molar-refractivity contribution is 0.0737. The number of amides is 1. The highest BCUT2D eigenvalue weighted by Crippen LogP contribution is 2.19. The molecular weight excluding hydrogens is 391 g/mol. The third kappa shape index (κ3) is 5.18. The molecule has 0 N–H and O–H groups in total. The average Bonchev–Trinajstić information content (AvgIpc) is 3.13. The first-order valence-electron chi connectivity index (χ1n) is 9.50. The fourth-order valence-corrected chi connectivity index (χ4v) is 3.45. The summed E-state index contributed by atoms with van der Waals surface area (Å²) in [5.74, 6) is 0.0237. The SMILES string of the molecule is CCCCN(Cc1cccn1Cc1ccccc1Cl)C(=O)c1ccc(Cl)cc1. The van der Waals surface area contributed by atoms with Crippen molar-refractivity contribution in [1.82, 2.24) is 9.47 Å². The van der Waals surface area contributed by atoms with Crippen LogP contribution in [0.5, 0.6) is 0 Å². The predicted octanol–water partition coefficient (Wildman–Crippen LogP) is 6.29. The summed E-state index contributed by atoms with van der Waals surface area (Å²) >= 11 is 12.3. The van der Waals surface area contributed by atoms with E-state index in [9.17, 15) is 4.79 Å². The number of rotatable bonds is 8. The Morgan fingerprint density at radius 2 is 1.75 bits per heavy atom. The van der Waals surface area contributed by atoms with E-state index in [1.807, 2.05) is 41.4 Å². The van der Waals surface area contributed by atoms with Crippen molar-refractivity contribution in [2.45, 2.75) is 32.9 Å². The number of hydrogen-bond acceptors (Lipinski definition) is 1. The minimum Gasteiger partial charge on any atom is -0.345 e. The quantitative estimate of drug-likeness (QED) is 0.425. The molecule has 28 heavy (non-hydrogen) atoms. The van der Waals surface area contributed by atoms with Crippen LogP contribution in [0.2, 0.25) is 10.0 Å². The van der Waals surface area contributed by atoms with Crippen LogP contribution in [0, 0.1) is 0 Å². The molecule has 1 aromatic heterocycles. The fourth-order valence-electron chi connectivity index (χ4n) is 3.13. The highest BCUT2D eigenvalue weighted by molar-refractivity contribution is 6.31. The third-order valence-corrected chi connectivity index (χ3v) is 5.36. The first kappa shape index (κ1) is 20.5. The summed E-state index contributed by atoms with van der Waals surface area (Å²) < 4.78 is 2.15. The Balaban J connectivity index is 1.80. The number of aromatic nitrogens is 1. The van der Waals surface area contributed by atoms with Gasteiger partial charge in [-0.25, -0.2) is 0 Å². The number of carbonyl (C=O) groups is 1. The second-order valence-electron chi connectivity index (χ2n) is 6.81. The van der Waals surface area contributed by atoms with Crippen molar-refractivity contribution >= 4 is 29.1 Å². The van der Waals surface area contributed by atoms with Crippen molar-refractivity contribution in [2.75, 3.05) is 6.54 Å². The number of unbranched alkanes of at least 4 members (excludes halogenated alkanes) is 1. The molecule has 3 rings (SSSR count). The summed E-state index contributed by atoms with van der Waals surface area (Å²) in [6.07, 6.45) is 4.03. The minimum atomic E-state index is 0.0237. The van der Waals surface area contributed by atoms with Crippen LogP contribution in [0.1, 0.15) is 41.4 Å². The van der Waals surface area contributed by atoms with Crippen molar-refractivity contribution < 1.29 is 4.79 Å². The van der Waals surface area contributed by atoms with Crippen LogP contribution in [0.4, 0.5) is 0 Å². The van der Waals surface area contributed by atoms with Crippen molar-refractivity contribution in [1.29, 1.82) is 0 Å². The summed E-state index contributed by atoms with van der Waals surface area (Å²) in [5, 5.41) is 1.38. The van der Waals surface area contributed by atoms with Gasteiger partial charge in [-0.15, -0.1) is 0 Å². The lowest BCUT2D eigenvalue weighted by atomic mass is 10.1. The molecular formula is C23H24Cl2N2O. The van der Waals surface area contributed by atoms with Gasteiger partial charge in [-0.05, 0) is 54.4 Å². The van der Waals surface area contributed by atoms with Gasteiger partial charge in [-0.1, -0.05) is 54.7 Å². The van der Waals surface area contributed by atoms with E-state index in [-0.39, 0.29) is 5.91 Å². The molecule has 1 amide bonds. The van der Waals surface area contributed by atoms with Crippen molar-refractivity contribution in [3.8, 4) is 0 Å². The highest BCUT2D eigenvalue weighted by Gasteiger charge is 2.17. The van der Waals surface area contributed by atoms with Crippen molar-refractivity contribution in [3.05, 3.63) is 93.7 Å². The maximum atomic E-state index is 13.1. The molecule has 3 aromatic rings. The van der Waals surface area contributed by atoms with Crippen LogP contribution in [0.3, 0.4) is 0 Å². The Labute approximate surface area is 176 Å². The molecule has 0 saturated heterocycles. The molecule has 2 aromatic carbocycles. The van der Waals surface area contributed by atoms with Gasteiger partial charge in [0.1, 0.15) is 0 Å². The van der Waals surface area contributed by atoms with E-state index in [2.05, 4.69) is 17.6 Å². The van der Waals surface area contributed by atoms with Gasteiger partial charge >= 0.3 is 0 Å². The molecule has 3 nitrogen and oxygen atoms in total. The summed E-state index contributed by atoms with van der Waals surface area (Å²) in [6.45, 7) is 4.08. The molecule has 146 valence electrons. The fraction of sp³-hybridized carbons (Fsp3) is 0.261. The van der Waals surface area contributed by atoms with E-state index >= 15 is 0 Å². The minimum absolute atomic E-state index is 0.0237. The van der Waals surface area contributed by atoms with Crippen molar-refractivity contribution in [3.63, 3.8) is 0 Å².